The molecule has 1 aromatic heterocycles. The summed E-state index contributed by atoms with van der Waals surface area (Å²) in [6, 6.07) is 3.90. The van der Waals surface area contributed by atoms with Crippen molar-refractivity contribution >= 4 is 15.9 Å². The molecule has 2 nitrogen and oxygen atoms in total. The third-order valence-corrected chi connectivity index (χ3v) is 2.05. The molecule has 0 aliphatic rings. The van der Waals surface area contributed by atoms with E-state index in [4.69, 9.17) is 4.74 Å². The Morgan fingerprint density at radius 2 is 2.33 bits per heavy atom. The molecular formula is C9H12BrNO. The van der Waals surface area contributed by atoms with Crippen molar-refractivity contribution in [3.63, 3.8) is 0 Å². The van der Waals surface area contributed by atoms with Crippen molar-refractivity contribution in [3.05, 3.63) is 23.9 Å². The fourth-order valence-corrected chi connectivity index (χ4v) is 1.11. The van der Waals surface area contributed by atoms with Crippen molar-refractivity contribution in [3.8, 4) is 5.88 Å². The molecule has 0 N–H and O–H groups in total. The van der Waals surface area contributed by atoms with Crippen LogP contribution in [0.1, 0.15) is 18.9 Å². The van der Waals surface area contributed by atoms with Crippen LogP contribution in [0.3, 0.4) is 0 Å². The van der Waals surface area contributed by atoms with Crippen LogP contribution in [-0.2, 0) is 5.33 Å². The quantitative estimate of drug-likeness (QED) is 0.742. The molecule has 1 heterocycles. The number of rotatable bonds is 4. The van der Waals surface area contributed by atoms with Crippen LogP contribution >= 0.6 is 15.9 Å². The summed E-state index contributed by atoms with van der Waals surface area (Å²) < 4.78 is 5.33. The second-order valence-electron chi connectivity index (χ2n) is 2.49. The number of pyridine rings is 1. The Labute approximate surface area is 81.1 Å². The largest absolute Gasteiger partial charge is 0.478 e. The number of ether oxygens (including phenoxy) is 1. The summed E-state index contributed by atoms with van der Waals surface area (Å²) in [5, 5.41) is 0.841. The fourth-order valence-electron chi connectivity index (χ4n) is 0.782. The van der Waals surface area contributed by atoms with Crippen LogP contribution in [0.25, 0.3) is 0 Å². The first-order chi connectivity index (χ1) is 5.86. The Morgan fingerprint density at radius 3 is 2.83 bits per heavy atom. The van der Waals surface area contributed by atoms with Gasteiger partial charge in [-0.25, -0.2) is 4.98 Å². The molecule has 66 valence electrons. The molecule has 12 heavy (non-hydrogen) atoms. The van der Waals surface area contributed by atoms with Gasteiger partial charge >= 0.3 is 0 Å². The molecule has 0 unspecified atom stereocenters. The summed E-state index contributed by atoms with van der Waals surface area (Å²) in [4.78, 5) is 4.13. The van der Waals surface area contributed by atoms with Gasteiger partial charge in [-0.05, 0) is 12.0 Å². The van der Waals surface area contributed by atoms with Gasteiger partial charge in [-0.2, -0.15) is 0 Å². The van der Waals surface area contributed by atoms with Crippen LogP contribution in [0.4, 0.5) is 0 Å². The molecule has 0 aliphatic carbocycles. The molecular weight excluding hydrogens is 218 g/mol. The Balaban J connectivity index is 2.53. The first kappa shape index (κ1) is 9.52. The van der Waals surface area contributed by atoms with E-state index in [1.165, 1.54) is 5.56 Å². The maximum Gasteiger partial charge on any atom is 0.213 e. The standard InChI is InChI=1S/C9H12BrNO/c1-2-5-12-9-4-3-8(6-10)7-11-9/h3-4,7H,2,5-6H2,1H3. The van der Waals surface area contributed by atoms with Gasteiger partial charge in [0.25, 0.3) is 0 Å². The summed E-state index contributed by atoms with van der Waals surface area (Å²) >= 11 is 3.35. The van der Waals surface area contributed by atoms with Gasteiger partial charge in [0.2, 0.25) is 5.88 Å². The molecule has 0 spiro atoms. The van der Waals surface area contributed by atoms with Gasteiger partial charge in [-0.1, -0.05) is 28.9 Å². The third-order valence-electron chi connectivity index (χ3n) is 1.41. The van der Waals surface area contributed by atoms with Crippen LogP contribution < -0.4 is 4.74 Å². The lowest BCUT2D eigenvalue weighted by molar-refractivity contribution is 0.305. The monoisotopic (exact) mass is 229 g/mol. The van der Waals surface area contributed by atoms with E-state index in [1.807, 2.05) is 18.3 Å². The van der Waals surface area contributed by atoms with Gasteiger partial charge < -0.3 is 4.74 Å². The molecule has 0 radical (unpaired) electrons. The maximum atomic E-state index is 5.33. The topological polar surface area (TPSA) is 22.1 Å². The number of hydrogen-bond donors (Lipinski definition) is 0. The van der Waals surface area contributed by atoms with Crippen molar-refractivity contribution in [1.29, 1.82) is 0 Å². The second kappa shape index (κ2) is 5.14. The Hall–Kier alpha value is -0.570. The molecule has 0 atom stereocenters. The lowest BCUT2D eigenvalue weighted by Crippen LogP contribution is -1.96. The lowest BCUT2D eigenvalue weighted by Gasteiger charge is -2.02. The smallest absolute Gasteiger partial charge is 0.213 e. The zero-order chi connectivity index (χ0) is 8.81. The highest BCUT2D eigenvalue weighted by Gasteiger charge is 1.94. The summed E-state index contributed by atoms with van der Waals surface area (Å²) in [5.41, 5.74) is 1.17. The highest BCUT2D eigenvalue weighted by molar-refractivity contribution is 9.08. The molecule has 0 bridgehead atoms. The van der Waals surface area contributed by atoms with Crippen molar-refractivity contribution in [1.82, 2.24) is 4.98 Å². The lowest BCUT2D eigenvalue weighted by atomic mass is 10.3. The minimum atomic E-state index is 0.710. The summed E-state index contributed by atoms with van der Waals surface area (Å²) in [7, 11) is 0. The number of hydrogen-bond acceptors (Lipinski definition) is 2. The minimum absolute atomic E-state index is 0.710. The van der Waals surface area contributed by atoms with Crippen molar-refractivity contribution in [2.24, 2.45) is 0 Å². The highest BCUT2D eigenvalue weighted by atomic mass is 79.9. The number of alkyl halides is 1. The Morgan fingerprint density at radius 1 is 1.50 bits per heavy atom. The maximum absolute atomic E-state index is 5.33. The summed E-state index contributed by atoms with van der Waals surface area (Å²) in [5.74, 6) is 0.710. The van der Waals surface area contributed by atoms with E-state index < -0.39 is 0 Å². The van der Waals surface area contributed by atoms with Crippen LogP contribution in [0.15, 0.2) is 18.3 Å². The molecule has 1 aromatic rings. The zero-order valence-electron chi connectivity index (χ0n) is 7.09. The van der Waals surface area contributed by atoms with E-state index in [2.05, 4.69) is 27.8 Å². The highest BCUT2D eigenvalue weighted by Crippen LogP contribution is 2.09. The number of halogens is 1. The van der Waals surface area contributed by atoms with Crippen LogP contribution in [0, 0.1) is 0 Å². The Kier molecular flexibility index (Phi) is 4.08. The third kappa shape index (κ3) is 2.81. The van der Waals surface area contributed by atoms with Gasteiger partial charge in [0.15, 0.2) is 0 Å². The first-order valence-electron chi connectivity index (χ1n) is 4.00. The van der Waals surface area contributed by atoms with Crippen LogP contribution in [0.2, 0.25) is 0 Å². The van der Waals surface area contributed by atoms with E-state index >= 15 is 0 Å². The second-order valence-corrected chi connectivity index (χ2v) is 3.05. The molecule has 0 aliphatic heterocycles. The first-order valence-corrected chi connectivity index (χ1v) is 5.12. The molecule has 3 heteroatoms. The molecule has 0 aromatic carbocycles. The van der Waals surface area contributed by atoms with E-state index in [0.29, 0.717) is 5.88 Å². The van der Waals surface area contributed by atoms with Crippen molar-refractivity contribution < 1.29 is 4.74 Å². The summed E-state index contributed by atoms with van der Waals surface area (Å²) in [6.45, 7) is 2.81. The number of aromatic nitrogens is 1. The van der Waals surface area contributed by atoms with Crippen molar-refractivity contribution in [2.75, 3.05) is 6.61 Å². The van der Waals surface area contributed by atoms with Gasteiger partial charge in [0.05, 0.1) is 6.61 Å². The van der Waals surface area contributed by atoms with Crippen LogP contribution in [0.5, 0.6) is 5.88 Å². The molecule has 0 amide bonds. The summed E-state index contributed by atoms with van der Waals surface area (Å²) in [6.07, 6.45) is 2.83. The van der Waals surface area contributed by atoms with Gasteiger partial charge in [0.1, 0.15) is 0 Å². The minimum Gasteiger partial charge on any atom is -0.478 e. The predicted octanol–water partition coefficient (Wildman–Crippen LogP) is 2.77. The predicted molar refractivity (Wildman–Crippen MR) is 52.7 cm³/mol. The SMILES string of the molecule is CCCOc1ccc(CBr)cn1. The van der Waals surface area contributed by atoms with Crippen LogP contribution in [-0.4, -0.2) is 11.6 Å². The average Bonchev–Trinajstić information content (AvgIpc) is 2.15. The van der Waals surface area contributed by atoms with Gasteiger partial charge in [-0.15, -0.1) is 0 Å². The number of nitrogens with zero attached hydrogens (tertiary/aromatic N) is 1. The van der Waals surface area contributed by atoms with Crippen molar-refractivity contribution in [2.45, 2.75) is 18.7 Å². The molecule has 0 fully saturated rings. The van der Waals surface area contributed by atoms with Gasteiger partial charge in [-0.3, -0.25) is 0 Å². The van der Waals surface area contributed by atoms with Gasteiger partial charge in [0, 0.05) is 17.6 Å². The van der Waals surface area contributed by atoms with E-state index in [0.717, 1.165) is 18.4 Å². The average molecular weight is 230 g/mol. The fraction of sp³-hybridized carbons (Fsp3) is 0.444. The normalized spacial score (nSPS) is 9.83. The molecule has 0 saturated carbocycles. The Bertz CT molecular complexity index is 222. The molecule has 0 saturated heterocycles. The molecule has 1 rings (SSSR count). The zero-order valence-corrected chi connectivity index (χ0v) is 8.67. The van der Waals surface area contributed by atoms with E-state index in [1.54, 1.807) is 0 Å². The van der Waals surface area contributed by atoms with E-state index in [9.17, 15) is 0 Å². The van der Waals surface area contributed by atoms with E-state index in [-0.39, 0.29) is 0 Å².